The molecule has 4 heteroatoms. The van der Waals surface area contributed by atoms with Crippen LogP contribution < -0.4 is 11.1 Å². The number of rotatable bonds is 3. The van der Waals surface area contributed by atoms with Crippen molar-refractivity contribution in [1.29, 1.82) is 0 Å². The first kappa shape index (κ1) is 16.8. The first-order valence-corrected chi connectivity index (χ1v) is 8.07. The molecule has 0 saturated heterocycles. The predicted molar refractivity (Wildman–Crippen MR) is 90.2 cm³/mol. The minimum Gasteiger partial charge on any atom is -0.444 e. The lowest BCUT2D eigenvalue weighted by atomic mass is 9.78. The molecule has 0 heterocycles. The Labute approximate surface area is 133 Å². The van der Waals surface area contributed by atoms with E-state index in [1.807, 2.05) is 33.8 Å². The third-order valence-corrected chi connectivity index (χ3v) is 4.43. The highest BCUT2D eigenvalue weighted by Gasteiger charge is 2.34. The molecule has 1 saturated carbocycles. The molecule has 0 bridgehead atoms. The van der Waals surface area contributed by atoms with E-state index < -0.39 is 11.7 Å². The SMILES string of the molecule is Cc1cc(C2(CN)CCCC2)ccc1NC(=O)OC(C)(C)C. The summed E-state index contributed by atoms with van der Waals surface area (Å²) < 4.78 is 5.30. The minimum absolute atomic E-state index is 0.120. The molecule has 0 aliphatic heterocycles. The van der Waals surface area contributed by atoms with E-state index in [0.717, 1.165) is 24.1 Å². The second-order valence-corrected chi connectivity index (χ2v) is 7.35. The zero-order chi connectivity index (χ0) is 16.4. The summed E-state index contributed by atoms with van der Waals surface area (Å²) in [5.74, 6) is 0. The average Bonchev–Trinajstić information content (AvgIpc) is 2.89. The van der Waals surface area contributed by atoms with Crippen molar-refractivity contribution in [2.45, 2.75) is 64.4 Å². The van der Waals surface area contributed by atoms with Gasteiger partial charge < -0.3 is 10.5 Å². The molecule has 122 valence electrons. The number of hydrogen-bond donors (Lipinski definition) is 2. The van der Waals surface area contributed by atoms with Crippen molar-refractivity contribution in [3.63, 3.8) is 0 Å². The van der Waals surface area contributed by atoms with Crippen LogP contribution in [0.15, 0.2) is 18.2 Å². The molecule has 22 heavy (non-hydrogen) atoms. The van der Waals surface area contributed by atoms with Crippen molar-refractivity contribution in [3.8, 4) is 0 Å². The van der Waals surface area contributed by atoms with Crippen LogP contribution in [0.4, 0.5) is 10.5 Å². The summed E-state index contributed by atoms with van der Waals surface area (Å²) in [6.07, 6.45) is 4.38. The Hall–Kier alpha value is -1.55. The van der Waals surface area contributed by atoms with Gasteiger partial charge >= 0.3 is 6.09 Å². The third-order valence-electron chi connectivity index (χ3n) is 4.43. The quantitative estimate of drug-likeness (QED) is 0.883. The summed E-state index contributed by atoms with van der Waals surface area (Å²) in [5, 5.41) is 2.82. The van der Waals surface area contributed by atoms with E-state index in [4.69, 9.17) is 10.5 Å². The monoisotopic (exact) mass is 304 g/mol. The molecule has 3 N–H and O–H groups in total. The minimum atomic E-state index is -0.495. The van der Waals surface area contributed by atoms with Crippen molar-refractivity contribution in [2.24, 2.45) is 5.73 Å². The maximum absolute atomic E-state index is 11.9. The van der Waals surface area contributed by atoms with Crippen LogP contribution >= 0.6 is 0 Å². The summed E-state index contributed by atoms with van der Waals surface area (Å²) >= 11 is 0. The number of nitrogens with one attached hydrogen (secondary N) is 1. The van der Waals surface area contributed by atoms with Gasteiger partial charge in [-0.15, -0.1) is 0 Å². The molecule has 1 fully saturated rings. The first-order chi connectivity index (χ1) is 10.3. The number of anilines is 1. The number of carbonyl (C=O) groups excluding carboxylic acids is 1. The van der Waals surface area contributed by atoms with E-state index in [9.17, 15) is 4.79 Å². The molecule has 1 amide bonds. The molecule has 0 unspecified atom stereocenters. The molecule has 1 aromatic carbocycles. The summed E-state index contributed by atoms with van der Waals surface area (Å²) in [4.78, 5) is 11.9. The van der Waals surface area contributed by atoms with Gasteiger partial charge in [-0.1, -0.05) is 25.0 Å². The fourth-order valence-corrected chi connectivity index (χ4v) is 3.21. The molecule has 1 aliphatic carbocycles. The number of carbonyl (C=O) groups is 1. The van der Waals surface area contributed by atoms with Crippen LogP contribution in [0.5, 0.6) is 0 Å². The highest BCUT2D eigenvalue weighted by Crippen LogP contribution is 2.41. The molecular weight excluding hydrogens is 276 g/mol. The first-order valence-electron chi connectivity index (χ1n) is 8.07. The summed E-state index contributed by atoms with van der Waals surface area (Å²) in [7, 11) is 0. The average molecular weight is 304 g/mol. The van der Waals surface area contributed by atoms with Crippen LogP contribution in [-0.2, 0) is 10.2 Å². The smallest absolute Gasteiger partial charge is 0.412 e. The topological polar surface area (TPSA) is 64.3 Å². The zero-order valence-electron chi connectivity index (χ0n) is 14.2. The van der Waals surface area contributed by atoms with E-state index in [1.54, 1.807) is 0 Å². The lowest BCUT2D eigenvalue weighted by molar-refractivity contribution is 0.0636. The Kier molecular flexibility index (Phi) is 4.81. The molecule has 0 atom stereocenters. The number of ether oxygens (including phenoxy) is 1. The maximum atomic E-state index is 11.9. The van der Waals surface area contributed by atoms with Crippen molar-refractivity contribution in [2.75, 3.05) is 11.9 Å². The van der Waals surface area contributed by atoms with Gasteiger partial charge in [0.15, 0.2) is 0 Å². The summed E-state index contributed by atoms with van der Waals surface area (Å²) in [5.41, 5.74) is 8.81. The van der Waals surface area contributed by atoms with E-state index in [-0.39, 0.29) is 5.41 Å². The van der Waals surface area contributed by atoms with Crippen LogP contribution in [0.2, 0.25) is 0 Å². The molecule has 0 spiro atoms. The van der Waals surface area contributed by atoms with Gasteiger partial charge in [-0.05, 0) is 57.7 Å². The Bertz CT molecular complexity index is 541. The van der Waals surface area contributed by atoms with Crippen molar-refractivity contribution < 1.29 is 9.53 Å². The zero-order valence-corrected chi connectivity index (χ0v) is 14.2. The number of benzene rings is 1. The Morgan fingerprint density at radius 1 is 1.32 bits per heavy atom. The summed E-state index contributed by atoms with van der Waals surface area (Å²) in [6, 6.07) is 6.22. The molecule has 0 radical (unpaired) electrons. The van der Waals surface area contributed by atoms with Gasteiger partial charge in [0.2, 0.25) is 0 Å². The van der Waals surface area contributed by atoms with Crippen LogP contribution in [-0.4, -0.2) is 18.2 Å². The Balaban J connectivity index is 2.15. The van der Waals surface area contributed by atoms with Gasteiger partial charge in [-0.2, -0.15) is 0 Å². The Morgan fingerprint density at radius 3 is 2.45 bits per heavy atom. The number of aryl methyl sites for hydroxylation is 1. The maximum Gasteiger partial charge on any atom is 0.412 e. The highest BCUT2D eigenvalue weighted by atomic mass is 16.6. The molecule has 1 aliphatic rings. The number of nitrogens with two attached hydrogens (primary N) is 1. The van der Waals surface area contributed by atoms with Gasteiger partial charge in [0.1, 0.15) is 5.60 Å². The van der Waals surface area contributed by atoms with Crippen molar-refractivity contribution in [1.82, 2.24) is 0 Å². The fourth-order valence-electron chi connectivity index (χ4n) is 3.21. The van der Waals surface area contributed by atoms with E-state index in [0.29, 0.717) is 6.54 Å². The van der Waals surface area contributed by atoms with Crippen molar-refractivity contribution in [3.05, 3.63) is 29.3 Å². The number of hydrogen-bond acceptors (Lipinski definition) is 3. The van der Waals surface area contributed by atoms with Gasteiger partial charge in [0.25, 0.3) is 0 Å². The third kappa shape index (κ3) is 3.80. The van der Waals surface area contributed by atoms with E-state index in [1.165, 1.54) is 18.4 Å². The second kappa shape index (κ2) is 6.29. The standard InChI is InChI=1S/C18H28N2O2/c1-13-11-14(18(12-19)9-5-6-10-18)7-8-15(13)20-16(21)22-17(2,3)4/h7-8,11H,5-6,9-10,12,19H2,1-4H3,(H,20,21). The van der Waals surface area contributed by atoms with Gasteiger partial charge in [-0.25, -0.2) is 4.79 Å². The van der Waals surface area contributed by atoms with E-state index in [2.05, 4.69) is 17.4 Å². The molecule has 0 aromatic heterocycles. The van der Waals surface area contributed by atoms with Crippen LogP contribution in [0, 0.1) is 6.92 Å². The van der Waals surface area contributed by atoms with Crippen LogP contribution in [0.3, 0.4) is 0 Å². The van der Waals surface area contributed by atoms with Crippen LogP contribution in [0.25, 0.3) is 0 Å². The molecule has 1 aromatic rings. The van der Waals surface area contributed by atoms with Crippen LogP contribution in [0.1, 0.15) is 57.6 Å². The fraction of sp³-hybridized carbons (Fsp3) is 0.611. The normalized spacial score (nSPS) is 17.3. The lowest BCUT2D eigenvalue weighted by Crippen LogP contribution is -2.32. The molecular formula is C18H28N2O2. The second-order valence-electron chi connectivity index (χ2n) is 7.35. The van der Waals surface area contributed by atoms with Gasteiger partial charge in [0.05, 0.1) is 0 Å². The Morgan fingerprint density at radius 2 is 1.95 bits per heavy atom. The van der Waals surface area contributed by atoms with Crippen molar-refractivity contribution >= 4 is 11.8 Å². The number of amides is 1. The highest BCUT2D eigenvalue weighted by molar-refractivity contribution is 5.86. The molecule has 4 nitrogen and oxygen atoms in total. The largest absolute Gasteiger partial charge is 0.444 e. The van der Waals surface area contributed by atoms with Gasteiger partial charge in [-0.3, -0.25) is 5.32 Å². The molecule has 2 rings (SSSR count). The lowest BCUT2D eigenvalue weighted by Gasteiger charge is -2.28. The summed E-state index contributed by atoms with van der Waals surface area (Å²) in [6.45, 7) is 8.26. The predicted octanol–water partition coefficient (Wildman–Crippen LogP) is 4.11. The van der Waals surface area contributed by atoms with Gasteiger partial charge in [0, 0.05) is 17.6 Å². The van der Waals surface area contributed by atoms with E-state index >= 15 is 0 Å².